The first-order valence-corrected chi connectivity index (χ1v) is 5.61. The van der Waals surface area contributed by atoms with Crippen LogP contribution in [-0.4, -0.2) is 49.2 Å². The monoisotopic (exact) mass is 216 g/mol. The van der Waals surface area contributed by atoms with Gasteiger partial charge in [-0.15, -0.1) is 0 Å². The van der Waals surface area contributed by atoms with Crippen molar-refractivity contribution in [1.82, 2.24) is 10.2 Å². The SMILES string of the molecule is CCC(CC)C(=O)NCC(O)CN(C)C. The maximum absolute atomic E-state index is 11.6. The quantitative estimate of drug-likeness (QED) is 0.650. The van der Waals surface area contributed by atoms with Gasteiger partial charge < -0.3 is 15.3 Å². The molecule has 0 aliphatic rings. The second-order valence-electron chi connectivity index (χ2n) is 4.17. The zero-order valence-corrected chi connectivity index (χ0v) is 10.3. The third-order valence-electron chi connectivity index (χ3n) is 2.44. The Labute approximate surface area is 92.7 Å². The molecule has 0 aliphatic carbocycles. The number of aliphatic hydroxyl groups excluding tert-OH is 1. The molecule has 15 heavy (non-hydrogen) atoms. The Morgan fingerprint density at radius 1 is 1.33 bits per heavy atom. The summed E-state index contributed by atoms with van der Waals surface area (Å²) in [6.45, 7) is 4.92. The summed E-state index contributed by atoms with van der Waals surface area (Å²) in [5.41, 5.74) is 0. The van der Waals surface area contributed by atoms with Gasteiger partial charge in [0.05, 0.1) is 6.10 Å². The zero-order valence-electron chi connectivity index (χ0n) is 10.3. The molecule has 1 amide bonds. The molecule has 0 bridgehead atoms. The highest BCUT2D eigenvalue weighted by atomic mass is 16.3. The molecular weight excluding hydrogens is 192 g/mol. The third kappa shape index (κ3) is 6.47. The van der Waals surface area contributed by atoms with Gasteiger partial charge in [-0.2, -0.15) is 0 Å². The van der Waals surface area contributed by atoms with E-state index in [-0.39, 0.29) is 11.8 Å². The molecule has 0 spiro atoms. The number of carbonyl (C=O) groups is 1. The van der Waals surface area contributed by atoms with Crippen molar-refractivity contribution in [2.45, 2.75) is 32.8 Å². The van der Waals surface area contributed by atoms with Crippen molar-refractivity contribution in [1.29, 1.82) is 0 Å². The van der Waals surface area contributed by atoms with Crippen LogP contribution in [-0.2, 0) is 4.79 Å². The minimum Gasteiger partial charge on any atom is -0.390 e. The van der Waals surface area contributed by atoms with Crippen LogP contribution in [0.15, 0.2) is 0 Å². The lowest BCUT2D eigenvalue weighted by Gasteiger charge is -2.18. The van der Waals surface area contributed by atoms with Gasteiger partial charge in [-0.3, -0.25) is 4.79 Å². The first kappa shape index (κ1) is 14.4. The number of nitrogens with one attached hydrogen (secondary N) is 1. The van der Waals surface area contributed by atoms with E-state index < -0.39 is 6.10 Å². The number of amides is 1. The molecule has 0 aromatic carbocycles. The molecule has 0 fully saturated rings. The van der Waals surface area contributed by atoms with Crippen molar-refractivity contribution >= 4 is 5.91 Å². The molecular formula is C11H24N2O2. The summed E-state index contributed by atoms with van der Waals surface area (Å²) in [5, 5.41) is 12.3. The van der Waals surface area contributed by atoms with Gasteiger partial charge in [-0.1, -0.05) is 13.8 Å². The lowest BCUT2D eigenvalue weighted by molar-refractivity contribution is -0.125. The number of rotatable bonds is 7. The summed E-state index contributed by atoms with van der Waals surface area (Å²) >= 11 is 0. The number of carbonyl (C=O) groups excluding carboxylic acids is 1. The molecule has 0 heterocycles. The molecule has 0 radical (unpaired) electrons. The first-order chi connectivity index (χ1) is 7.01. The van der Waals surface area contributed by atoms with E-state index in [1.807, 2.05) is 32.8 Å². The molecule has 2 N–H and O–H groups in total. The van der Waals surface area contributed by atoms with Crippen molar-refractivity contribution in [3.8, 4) is 0 Å². The normalized spacial score (nSPS) is 13.3. The average molecular weight is 216 g/mol. The Morgan fingerprint density at radius 2 is 1.87 bits per heavy atom. The fourth-order valence-electron chi connectivity index (χ4n) is 1.51. The van der Waals surface area contributed by atoms with Gasteiger partial charge in [-0.25, -0.2) is 0 Å². The topological polar surface area (TPSA) is 52.6 Å². The van der Waals surface area contributed by atoms with E-state index in [4.69, 9.17) is 0 Å². The Kier molecular flexibility index (Phi) is 7.34. The lowest BCUT2D eigenvalue weighted by atomic mass is 10.0. The van der Waals surface area contributed by atoms with Crippen molar-refractivity contribution < 1.29 is 9.90 Å². The van der Waals surface area contributed by atoms with Crippen LogP contribution in [0.3, 0.4) is 0 Å². The minimum absolute atomic E-state index is 0.0535. The molecule has 4 heteroatoms. The molecule has 0 aromatic rings. The van der Waals surface area contributed by atoms with Crippen molar-refractivity contribution in [3.05, 3.63) is 0 Å². The van der Waals surface area contributed by atoms with Crippen molar-refractivity contribution in [3.63, 3.8) is 0 Å². The molecule has 90 valence electrons. The fourth-order valence-corrected chi connectivity index (χ4v) is 1.51. The van der Waals surface area contributed by atoms with E-state index in [0.717, 1.165) is 12.8 Å². The number of likely N-dealkylation sites (N-methyl/N-ethyl adjacent to an activating group) is 1. The summed E-state index contributed by atoms with van der Waals surface area (Å²) in [6.07, 6.45) is 1.22. The van der Waals surface area contributed by atoms with Gasteiger partial charge in [0.2, 0.25) is 5.91 Å². The van der Waals surface area contributed by atoms with Crippen LogP contribution in [0.1, 0.15) is 26.7 Å². The molecule has 1 unspecified atom stereocenters. The highest BCUT2D eigenvalue weighted by Gasteiger charge is 2.15. The summed E-state index contributed by atoms with van der Waals surface area (Å²) in [7, 11) is 3.79. The average Bonchev–Trinajstić information content (AvgIpc) is 2.15. The standard InChI is InChI=1S/C11H24N2O2/c1-5-9(6-2)11(15)12-7-10(14)8-13(3)4/h9-10,14H,5-8H2,1-4H3,(H,12,15). The fraction of sp³-hybridized carbons (Fsp3) is 0.909. The molecule has 0 aromatic heterocycles. The van der Waals surface area contributed by atoms with E-state index in [2.05, 4.69) is 5.32 Å². The molecule has 0 saturated heterocycles. The minimum atomic E-state index is -0.488. The molecule has 0 aliphatic heterocycles. The van der Waals surface area contributed by atoms with Crippen molar-refractivity contribution in [2.75, 3.05) is 27.2 Å². The van der Waals surface area contributed by atoms with Crippen LogP contribution in [0, 0.1) is 5.92 Å². The van der Waals surface area contributed by atoms with Crippen molar-refractivity contribution in [2.24, 2.45) is 5.92 Å². The summed E-state index contributed by atoms with van der Waals surface area (Å²) in [4.78, 5) is 13.5. The summed E-state index contributed by atoms with van der Waals surface area (Å²) in [6, 6.07) is 0. The molecule has 0 saturated carbocycles. The maximum atomic E-state index is 11.6. The molecule has 1 atom stereocenters. The first-order valence-electron chi connectivity index (χ1n) is 5.61. The van der Waals surface area contributed by atoms with Gasteiger partial charge in [0.25, 0.3) is 0 Å². The number of hydrogen-bond acceptors (Lipinski definition) is 3. The predicted molar refractivity (Wildman–Crippen MR) is 61.6 cm³/mol. The Hall–Kier alpha value is -0.610. The number of hydrogen-bond donors (Lipinski definition) is 2. The van der Waals surface area contributed by atoms with E-state index in [0.29, 0.717) is 13.1 Å². The third-order valence-corrected chi connectivity index (χ3v) is 2.44. The molecule has 4 nitrogen and oxygen atoms in total. The maximum Gasteiger partial charge on any atom is 0.223 e. The Morgan fingerprint density at radius 3 is 2.27 bits per heavy atom. The van der Waals surface area contributed by atoms with Gasteiger partial charge >= 0.3 is 0 Å². The highest BCUT2D eigenvalue weighted by Crippen LogP contribution is 2.06. The van der Waals surface area contributed by atoms with Crippen LogP contribution in [0.4, 0.5) is 0 Å². The summed E-state index contributed by atoms with van der Waals surface area (Å²) in [5.74, 6) is 0.134. The van der Waals surface area contributed by atoms with Gasteiger partial charge in [0.1, 0.15) is 0 Å². The van der Waals surface area contributed by atoms with Crippen LogP contribution >= 0.6 is 0 Å². The second kappa shape index (κ2) is 7.65. The van der Waals surface area contributed by atoms with Crippen LogP contribution in [0.5, 0.6) is 0 Å². The van der Waals surface area contributed by atoms with E-state index in [1.54, 1.807) is 0 Å². The highest BCUT2D eigenvalue weighted by molar-refractivity contribution is 5.78. The predicted octanol–water partition coefficient (Wildman–Crippen LogP) is 0.461. The molecule has 0 rings (SSSR count). The van der Waals surface area contributed by atoms with Gasteiger partial charge in [0.15, 0.2) is 0 Å². The van der Waals surface area contributed by atoms with Crippen LogP contribution in [0.25, 0.3) is 0 Å². The van der Waals surface area contributed by atoms with Gasteiger partial charge in [-0.05, 0) is 26.9 Å². The van der Waals surface area contributed by atoms with Crippen LogP contribution in [0.2, 0.25) is 0 Å². The smallest absolute Gasteiger partial charge is 0.223 e. The van der Waals surface area contributed by atoms with E-state index >= 15 is 0 Å². The van der Waals surface area contributed by atoms with E-state index in [9.17, 15) is 9.90 Å². The summed E-state index contributed by atoms with van der Waals surface area (Å²) < 4.78 is 0. The zero-order chi connectivity index (χ0) is 11.8. The second-order valence-corrected chi connectivity index (χ2v) is 4.17. The number of aliphatic hydroxyl groups is 1. The van der Waals surface area contributed by atoms with Gasteiger partial charge in [0, 0.05) is 19.0 Å². The van der Waals surface area contributed by atoms with E-state index in [1.165, 1.54) is 0 Å². The Balaban J connectivity index is 3.79. The Bertz CT molecular complexity index is 179. The number of nitrogens with zero attached hydrogens (tertiary/aromatic N) is 1. The lowest BCUT2D eigenvalue weighted by Crippen LogP contribution is -2.40. The largest absolute Gasteiger partial charge is 0.390 e. The van der Waals surface area contributed by atoms with Crippen LogP contribution < -0.4 is 5.32 Å².